The molecule has 0 N–H and O–H groups in total. The molecule has 0 aliphatic rings. The summed E-state index contributed by atoms with van der Waals surface area (Å²) in [6, 6.07) is 0. The Kier molecular flexibility index (Phi) is 57.8. The Morgan fingerprint density at radius 1 is 0.306 bits per heavy atom. The lowest BCUT2D eigenvalue weighted by Gasteiger charge is -2.18. The second-order valence-corrected chi connectivity index (χ2v) is 20.6. The van der Waals surface area contributed by atoms with E-state index in [9.17, 15) is 14.4 Å². The minimum absolute atomic E-state index is 0.0821. The van der Waals surface area contributed by atoms with Crippen LogP contribution in [0.5, 0.6) is 0 Å². The first-order valence-electron chi connectivity index (χ1n) is 31.0. The summed E-state index contributed by atoms with van der Waals surface area (Å²) in [6.07, 6.45) is 77.5. The highest BCUT2D eigenvalue weighted by Gasteiger charge is 2.19. The number of ether oxygens (including phenoxy) is 3. The number of hydrogen-bond donors (Lipinski definition) is 0. The van der Waals surface area contributed by atoms with Crippen LogP contribution in [0.3, 0.4) is 0 Å². The monoisotopic (exact) mass is 1000 g/mol. The van der Waals surface area contributed by atoms with Crippen LogP contribution >= 0.6 is 0 Å². The highest BCUT2D eigenvalue weighted by molar-refractivity contribution is 5.71. The minimum atomic E-state index is -0.786. The summed E-state index contributed by atoms with van der Waals surface area (Å²) in [5, 5.41) is 0. The van der Waals surface area contributed by atoms with Crippen LogP contribution in [0.4, 0.5) is 0 Å². The molecule has 0 amide bonds. The summed E-state index contributed by atoms with van der Waals surface area (Å²) in [6.45, 7) is 6.52. The molecule has 0 spiro atoms. The molecule has 1 unspecified atom stereocenters. The molecule has 0 saturated heterocycles. The van der Waals surface area contributed by atoms with Crippen molar-refractivity contribution < 1.29 is 28.6 Å². The molecule has 6 nitrogen and oxygen atoms in total. The van der Waals surface area contributed by atoms with Gasteiger partial charge in [-0.05, 0) is 103 Å². The van der Waals surface area contributed by atoms with Gasteiger partial charge in [-0.3, -0.25) is 14.4 Å². The number of allylic oxidation sites excluding steroid dienone is 12. The van der Waals surface area contributed by atoms with Crippen LogP contribution in [-0.2, 0) is 28.6 Å². The predicted octanol–water partition coefficient (Wildman–Crippen LogP) is 20.9. The third-order valence-electron chi connectivity index (χ3n) is 13.4. The van der Waals surface area contributed by atoms with Gasteiger partial charge in [-0.15, -0.1) is 0 Å². The zero-order chi connectivity index (χ0) is 52.2. The molecule has 0 bridgehead atoms. The van der Waals surface area contributed by atoms with E-state index in [1.54, 1.807) is 0 Å². The standard InChI is InChI=1S/C66H116O6/c1-4-7-10-13-16-19-22-25-28-31-33-35-38-41-44-47-50-53-56-59-65(68)71-62-63(61-70-64(67)58-55-52-49-46-43-40-37-30-27-24-21-18-15-12-9-6-3)72-66(69)60-57-54-51-48-45-42-39-36-34-32-29-26-23-20-17-14-11-8-5-2/h9,12,16,18-19,21-22,25,27,30,32,34,63H,4-8,10-11,13-15,17,20,23-24,26,28-29,31,33,35-62H2,1-3H3/b12-9-,19-16-,21-18-,25-22-,30-27-,34-32-. The average molecular weight is 1010 g/mol. The molecule has 0 rings (SSSR count). The number of rotatable bonds is 56. The van der Waals surface area contributed by atoms with Crippen LogP contribution < -0.4 is 0 Å². The molecule has 1 atom stereocenters. The van der Waals surface area contributed by atoms with Crippen LogP contribution in [0.2, 0.25) is 0 Å². The van der Waals surface area contributed by atoms with Gasteiger partial charge in [0.25, 0.3) is 0 Å². The normalized spacial score (nSPS) is 12.5. The van der Waals surface area contributed by atoms with Gasteiger partial charge < -0.3 is 14.2 Å². The van der Waals surface area contributed by atoms with Gasteiger partial charge >= 0.3 is 17.9 Å². The van der Waals surface area contributed by atoms with Gasteiger partial charge in [0.05, 0.1) is 0 Å². The maximum atomic E-state index is 12.9. The molecular formula is C66H116O6. The van der Waals surface area contributed by atoms with Crippen LogP contribution in [0.1, 0.15) is 310 Å². The van der Waals surface area contributed by atoms with Gasteiger partial charge in [0, 0.05) is 19.3 Å². The Balaban J connectivity index is 4.39. The van der Waals surface area contributed by atoms with Gasteiger partial charge in [0.2, 0.25) is 0 Å². The summed E-state index contributed by atoms with van der Waals surface area (Å²) in [5.41, 5.74) is 0. The van der Waals surface area contributed by atoms with Crippen molar-refractivity contribution in [1.82, 2.24) is 0 Å². The Morgan fingerprint density at radius 3 is 0.972 bits per heavy atom. The van der Waals surface area contributed by atoms with E-state index >= 15 is 0 Å². The number of unbranched alkanes of at least 4 members (excludes halogenated alkanes) is 34. The fourth-order valence-corrected chi connectivity index (χ4v) is 8.80. The van der Waals surface area contributed by atoms with Gasteiger partial charge in [0.1, 0.15) is 13.2 Å². The highest BCUT2D eigenvalue weighted by atomic mass is 16.6. The van der Waals surface area contributed by atoms with E-state index in [4.69, 9.17) is 14.2 Å². The van der Waals surface area contributed by atoms with E-state index in [1.807, 2.05) is 0 Å². The smallest absolute Gasteiger partial charge is 0.306 e. The van der Waals surface area contributed by atoms with Crippen LogP contribution in [0, 0.1) is 0 Å². The third kappa shape index (κ3) is 57.7. The van der Waals surface area contributed by atoms with E-state index in [2.05, 4.69) is 93.7 Å². The largest absolute Gasteiger partial charge is 0.462 e. The first-order valence-corrected chi connectivity index (χ1v) is 31.0. The number of carbonyl (C=O) groups is 3. The molecule has 72 heavy (non-hydrogen) atoms. The van der Waals surface area contributed by atoms with Crippen molar-refractivity contribution >= 4 is 17.9 Å². The molecule has 0 aromatic rings. The molecule has 0 saturated carbocycles. The average Bonchev–Trinajstić information content (AvgIpc) is 3.38. The quantitative estimate of drug-likeness (QED) is 0.0199. The second kappa shape index (κ2) is 60.4. The lowest BCUT2D eigenvalue weighted by atomic mass is 10.1. The lowest BCUT2D eigenvalue weighted by Crippen LogP contribution is -2.30. The fraction of sp³-hybridized carbons (Fsp3) is 0.773. The van der Waals surface area contributed by atoms with Crippen molar-refractivity contribution in [1.29, 1.82) is 0 Å². The molecule has 0 radical (unpaired) electrons. The van der Waals surface area contributed by atoms with E-state index in [0.29, 0.717) is 19.3 Å². The van der Waals surface area contributed by atoms with Crippen molar-refractivity contribution in [2.75, 3.05) is 13.2 Å². The predicted molar refractivity (Wildman–Crippen MR) is 311 cm³/mol. The molecule has 0 heterocycles. The maximum Gasteiger partial charge on any atom is 0.306 e. The molecule has 6 heteroatoms. The molecule has 416 valence electrons. The second-order valence-electron chi connectivity index (χ2n) is 20.6. The van der Waals surface area contributed by atoms with Gasteiger partial charge in [-0.2, -0.15) is 0 Å². The molecular weight excluding hydrogens is 889 g/mol. The van der Waals surface area contributed by atoms with Crippen molar-refractivity contribution in [3.05, 3.63) is 72.9 Å². The lowest BCUT2D eigenvalue weighted by molar-refractivity contribution is -0.167. The maximum absolute atomic E-state index is 12.9. The van der Waals surface area contributed by atoms with Gasteiger partial charge in [0.15, 0.2) is 6.10 Å². The number of carbonyl (C=O) groups excluding carboxylic acids is 3. The Bertz CT molecular complexity index is 1340. The topological polar surface area (TPSA) is 78.9 Å². The van der Waals surface area contributed by atoms with E-state index in [0.717, 1.165) is 83.5 Å². The van der Waals surface area contributed by atoms with Crippen LogP contribution in [0.25, 0.3) is 0 Å². The van der Waals surface area contributed by atoms with E-state index in [1.165, 1.54) is 186 Å². The Morgan fingerprint density at radius 2 is 0.583 bits per heavy atom. The van der Waals surface area contributed by atoms with Crippen LogP contribution in [0.15, 0.2) is 72.9 Å². The first-order chi connectivity index (χ1) is 35.5. The number of hydrogen-bond acceptors (Lipinski definition) is 6. The summed E-state index contributed by atoms with van der Waals surface area (Å²) < 4.78 is 16.9. The zero-order valence-electron chi connectivity index (χ0n) is 47.7. The van der Waals surface area contributed by atoms with Crippen LogP contribution in [-0.4, -0.2) is 37.2 Å². The molecule has 0 aliphatic heterocycles. The van der Waals surface area contributed by atoms with Gasteiger partial charge in [-0.25, -0.2) is 0 Å². The van der Waals surface area contributed by atoms with Gasteiger partial charge in [-0.1, -0.05) is 261 Å². The molecule has 0 aromatic carbocycles. The summed E-state index contributed by atoms with van der Waals surface area (Å²) in [7, 11) is 0. The van der Waals surface area contributed by atoms with Crippen molar-refractivity contribution in [2.45, 2.75) is 316 Å². The Labute approximate surface area is 446 Å². The minimum Gasteiger partial charge on any atom is -0.462 e. The Hall–Kier alpha value is -3.15. The SMILES string of the molecule is CC/C=C\C/C=C\C/C=C\CCCCCCCCC(=O)OCC(COC(=O)CCCCCCCCCCCC/C=C\C=C/CCCCC)OC(=O)CCCCCCCCC/C=C\CCCCCCCCCC. The molecule has 0 aromatic heterocycles. The fourth-order valence-electron chi connectivity index (χ4n) is 8.80. The number of esters is 3. The summed E-state index contributed by atoms with van der Waals surface area (Å²) in [5.74, 6) is -0.890. The summed E-state index contributed by atoms with van der Waals surface area (Å²) >= 11 is 0. The third-order valence-corrected chi connectivity index (χ3v) is 13.4. The van der Waals surface area contributed by atoms with Crippen molar-refractivity contribution in [2.24, 2.45) is 0 Å². The van der Waals surface area contributed by atoms with E-state index in [-0.39, 0.29) is 31.1 Å². The first kappa shape index (κ1) is 68.8. The van der Waals surface area contributed by atoms with Crippen molar-refractivity contribution in [3.8, 4) is 0 Å². The van der Waals surface area contributed by atoms with Crippen molar-refractivity contribution in [3.63, 3.8) is 0 Å². The highest BCUT2D eigenvalue weighted by Crippen LogP contribution is 2.16. The van der Waals surface area contributed by atoms with E-state index < -0.39 is 6.10 Å². The molecule has 0 fully saturated rings. The summed E-state index contributed by atoms with van der Waals surface area (Å²) in [4.78, 5) is 38.3. The molecule has 0 aliphatic carbocycles. The zero-order valence-corrected chi connectivity index (χ0v) is 47.7.